The van der Waals surface area contributed by atoms with Gasteiger partial charge in [0.05, 0.1) is 5.41 Å². The van der Waals surface area contributed by atoms with Crippen LogP contribution in [-0.4, -0.2) is 42.9 Å². The van der Waals surface area contributed by atoms with Crippen molar-refractivity contribution in [3.8, 4) is 0 Å². The van der Waals surface area contributed by atoms with E-state index in [-0.39, 0.29) is 23.8 Å². The zero-order valence-corrected chi connectivity index (χ0v) is 14.4. The smallest absolute Gasteiger partial charge is 0.303 e. The number of carbonyl (C=O) groups is 2. The summed E-state index contributed by atoms with van der Waals surface area (Å²) in [6.07, 6.45) is 8.33. The molecule has 0 aromatic heterocycles. The van der Waals surface area contributed by atoms with Crippen LogP contribution in [0.5, 0.6) is 0 Å². The average Bonchev–Trinajstić information content (AvgIpc) is 2.76. The summed E-state index contributed by atoms with van der Waals surface area (Å²) in [5.41, 5.74) is 1.82. The highest BCUT2D eigenvalue weighted by atomic mass is 16.5. The molecular weight excluding hydrogens is 290 g/mol. The van der Waals surface area contributed by atoms with Crippen LogP contribution in [0.25, 0.3) is 0 Å². The molecule has 1 heterocycles. The van der Waals surface area contributed by atoms with Crippen molar-refractivity contribution in [3.05, 3.63) is 23.3 Å². The molecule has 0 amide bonds. The molecule has 3 aliphatic rings. The van der Waals surface area contributed by atoms with E-state index in [0.717, 1.165) is 56.3 Å². The third-order valence-corrected chi connectivity index (χ3v) is 5.74. The molecule has 4 nitrogen and oxygen atoms in total. The summed E-state index contributed by atoms with van der Waals surface area (Å²) in [4.78, 5) is 26.9. The van der Waals surface area contributed by atoms with E-state index in [9.17, 15) is 9.59 Å². The van der Waals surface area contributed by atoms with Crippen molar-refractivity contribution in [2.24, 2.45) is 11.3 Å². The molecule has 0 saturated heterocycles. The molecule has 0 unspecified atom stereocenters. The lowest BCUT2D eigenvalue weighted by molar-refractivity contribution is -0.144. The Hall–Kier alpha value is -1.42. The van der Waals surface area contributed by atoms with Gasteiger partial charge in [0, 0.05) is 13.5 Å². The molecule has 3 rings (SSSR count). The minimum Gasteiger partial charge on any atom is -0.458 e. The van der Waals surface area contributed by atoms with E-state index in [1.807, 2.05) is 13.0 Å². The summed E-state index contributed by atoms with van der Waals surface area (Å²) in [6, 6.07) is 0. The maximum atomic E-state index is 13.1. The van der Waals surface area contributed by atoms with Crippen LogP contribution in [0.4, 0.5) is 0 Å². The molecule has 126 valence electrons. The van der Waals surface area contributed by atoms with Crippen LogP contribution in [0.15, 0.2) is 23.3 Å². The van der Waals surface area contributed by atoms with E-state index in [1.54, 1.807) is 0 Å². The van der Waals surface area contributed by atoms with E-state index in [1.165, 1.54) is 6.92 Å². The Kier molecular flexibility index (Phi) is 4.45. The fourth-order valence-corrected chi connectivity index (χ4v) is 4.79. The summed E-state index contributed by atoms with van der Waals surface area (Å²) >= 11 is 0. The highest BCUT2D eigenvalue weighted by molar-refractivity contribution is 5.99. The number of rotatable bonds is 1. The van der Waals surface area contributed by atoms with Crippen molar-refractivity contribution < 1.29 is 14.3 Å². The van der Waals surface area contributed by atoms with Gasteiger partial charge in [-0.1, -0.05) is 11.6 Å². The van der Waals surface area contributed by atoms with Crippen molar-refractivity contribution in [1.29, 1.82) is 0 Å². The Morgan fingerprint density at radius 3 is 2.91 bits per heavy atom. The van der Waals surface area contributed by atoms with E-state index < -0.39 is 5.41 Å². The van der Waals surface area contributed by atoms with Gasteiger partial charge in [-0.05, 0) is 70.2 Å². The third-order valence-electron chi connectivity index (χ3n) is 5.74. The molecule has 1 saturated carbocycles. The van der Waals surface area contributed by atoms with Gasteiger partial charge < -0.3 is 9.64 Å². The second-order valence-corrected chi connectivity index (χ2v) is 7.42. The molecule has 1 aliphatic heterocycles. The number of ether oxygens (including phenoxy) is 1. The largest absolute Gasteiger partial charge is 0.458 e. The first-order valence-electron chi connectivity index (χ1n) is 8.71. The number of hydrogen-bond donors (Lipinski definition) is 0. The van der Waals surface area contributed by atoms with Gasteiger partial charge in [-0.15, -0.1) is 0 Å². The first-order chi connectivity index (χ1) is 10.9. The normalized spacial score (nSPS) is 37.4. The van der Waals surface area contributed by atoms with Crippen LogP contribution in [0.3, 0.4) is 0 Å². The Labute approximate surface area is 138 Å². The van der Waals surface area contributed by atoms with Gasteiger partial charge in [-0.2, -0.15) is 0 Å². The highest BCUT2D eigenvalue weighted by Gasteiger charge is 2.57. The van der Waals surface area contributed by atoms with Crippen LogP contribution < -0.4 is 0 Å². The van der Waals surface area contributed by atoms with E-state index in [4.69, 9.17) is 4.74 Å². The third kappa shape index (κ3) is 2.89. The maximum absolute atomic E-state index is 13.1. The number of esters is 1. The predicted molar refractivity (Wildman–Crippen MR) is 88.9 cm³/mol. The van der Waals surface area contributed by atoms with Crippen molar-refractivity contribution in [2.75, 3.05) is 20.1 Å². The summed E-state index contributed by atoms with van der Waals surface area (Å²) < 4.78 is 5.62. The fraction of sp³-hybridized carbons (Fsp3) is 0.684. The maximum Gasteiger partial charge on any atom is 0.303 e. The minimum atomic E-state index is -0.426. The zero-order chi connectivity index (χ0) is 16.6. The minimum absolute atomic E-state index is 0.218. The second kappa shape index (κ2) is 6.23. The first kappa shape index (κ1) is 16.4. The number of nitrogens with zero attached hydrogens (tertiary/aromatic N) is 1. The number of hydrogen-bond acceptors (Lipinski definition) is 4. The Balaban J connectivity index is 2.03. The SMILES string of the molecule is CC(=O)O[C@H]1C[C@@H]2CC(C)=CC(=O)[C@@]23CCCN(C)CC/C=C/13. The summed E-state index contributed by atoms with van der Waals surface area (Å²) in [7, 11) is 2.13. The second-order valence-electron chi connectivity index (χ2n) is 7.42. The van der Waals surface area contributed by atoms with E-state index >= 15 is 0 Å². The van der Waals surface area contributed by atoms with Crippen molar-refractivity contribution in [3.63, 3.8) is 0 Å². The Morgan fingerprint density at radius 1 is 1.39 bits per heavy atom. The topological polar surface area (TPSA) is 46.6 Å². The standard InChI is InChI=1S/C19H27NO3/c1-13-10-15-12-17(23-14(2)21)16-6-4-8-20(3)9-5-7-19(15,16)18(22)11-13/h6,11,15,17H,4-5,7-10,12H2,1-3H3/b16-6-/t15-,17-,19-/m0/s1. The molecule has 2 aliphatic carbocycles. The zero-order valence-electron chi connectivity index (χ0n) is 14.4. The van der Waals surface area contributed by atoms with E-state index in [2.05, 4.69) is 18.0 Å². The van der Waals surface area contributed by atoms with Gasteiger partial charge in [-0.25, -0.2) is 0 Å². The van der Waals surface area contributed by atoms with Gasteiger partial charge >= 0.3 is 5.97 Å². The summed E-state index contributed by atoms with van der Waals surface area (Å²) in [5.74, 6) is 0.259. The van der Waals surface area contributed by atoms with Crippen LogP contribution in [-0.2, 0) is 14.3 Å². The highest BCUT2D eigenvalue weighted by Crippen LogP contribution is 2.57. The van der Waals surface area contributed by atoms with Crippen LogP contribution in [0.2, 0.25) is 0 Å². The lowest BCUT2D eigenvalue weighted by atomic mass is 9.64. The fourth-order valence-electron chi connectivity index (χ4n) is 4.79. The molecule has 1 spiro atoms. The molecule has 0 N–H and O–H groups in total. The Morgan fingerprint density at radius 2 is 2.17 bits per heavy atom. The molecular formula is C19H27NO3. The molecule has 3 atom stereocenters. The monoisotopic (exact) mass is 317 g/mol. The number of ketones is 1. The van der Waals surface area contributed by atoms with Gasteiger partial charge in [0.25, 0.3) is 0 Å². The number of carbonyl (C=O) groups excluding carboxylic acids is 2. The first-order valence-corrected chi connectivity index (χ1v) is 8.71. The lowest BCUT2D eigenvalue weighted by Gasteiger charge is -2.38. The molecule has 23 heavy (non-hydrogen) atoms. The van der Waals surface area contributed by atoms with Gasteiger partial charge in [0.1, 0.15) is 6.10 Å². The summed E-state index contributed by atoms with van der Waals surface area (Å²) in [6.45, 7) is 5.50. The van der Waals surface area contributed by atoms with Gasteiger partial charge in [0.15, 0.2) is 5.78 Å². The summed E-state index contributed by atoms with van der Waals surface area (Å²) in [5, 5.41) is 0. The van der Waals surface area contributed by atoms with Crippen LogP contribution >= 0.6 is 0 Å². The molecule has 0 bridgehead atoms. The van der Waals surface area contributed by atoms with Gasteiger partial charge in [0.2, 0.25) is 0 Å². The lowest BCUT2D eigenvalue weighted by Crippen LogP contribution is -2.39. The molecule has 0 aromatic carbocycles. The number of allylic oxidation sites excluding steroid dienone is 2. The van der Waals surface area contributed by atoms with Crippen molar-refractivity contribution in [1.82, 2.24) is 4.90 Å². The van der Waals surface area contributed by atoms with Crippen LogP contribution in [0.1, 0.15) is 46.0 Å². The molecule has 0 radical (unpaired) electrons. The van der Waals surface area contributed by atoms with Crippen LogP contribution in [0, 0.1) is 11.3 Å². The predicted octanol–water partition coefficient (Wildman–Crippen LogP) is 2.89. The molecule has 0 aromatic rings. The quantitative estimate of drug-likeness (QED) is 0.551. The van der Waals surface area contributed by atoms with Crippen molar-refractivity contribution in [2.45, 2.75) is 52.1 Å². The molecule has 4 heteroatoms. The Bertz CT molecular complexity index is 577. The van der Waals surface area contributed by atoms with E-state index in [0.29, 0.717) is 0 Å². The molecule has 1 fully saturated rings. The van der Waals surface area contributed by atoms with Gasteiger partial charge in [-0.3, -0.25) is 9.59 Å². The van der Waals surface area contributed by atoms with Crippen molar-refractivity contribution >= 4 is 11.8 Å². The average molecular weight is 317 g/mol.